The predicted molar refractivity (Wildman–Crippen MR) is 31.6 cm³/mol. The maximum atomic E-state index is 8.11. The molecule has 1 aliphatic rings. The molecule has 0 aromatic heterocycles. The van der Waals surface area contributed by atoms with Crippen LogP contribution in [0.5, 0.6) is 0 Å². The van der Waals surface area contributed by atoms with E-state index in [2.05, 4.69) is 5.32 Å². The summed E-state index contributed by atoms with van der Waals surface area (Å²) in [5, 5.41) is 19.0. The molecule has 1 atom stereocenters. The molecule has 3 N–H and O–H groups in total. The van der Waals surface area contributed by atoms with E-state index in [4.69, 9.17) is 10.2 Å². The highest BCUT2D eigenvalue weighted by Crippen LogP contribution is 1.68. The standard InChI is InChI=1S/C3H8O2.C2H5N/c1-3(5)2-4;1-2-3-1/h3-5H,2H2,1H3;3H,1-2H2. The van der Waals surface area contributed by atoms with Gasteiger partial charge in [0.15, 0.2) is 0 Å². The number of aliphatic hydroxyl groups is 2. The molecule has 0 bridgehead atoms. The first-order valence-corrected chi connectivity index (χ1v) is 2.77. The second-order valence-electron chi connectivity index (χ2n) is 1.78. The van der Waals surface area contributed by atoms with Crippen molar-refractivity contribution in [2.75, 3.05) is 19.7 Å². The van der Waals surface area contributed by atoms with Crippen LogP contribution in [0.15, 0.2) is 0 Å². The predicted octanol–water partition coefficient (Wildman–Crippen LogP) is -1.05. The summed E-state index contributed by atoms with van der Waals surface area (Å²) in [6.07, 6.45) is -0.560. The molecule has 1 unspecified atom stereocenters. The van der Waals surface area contributed by atoms with E-state index in [0.29, 0.717) is 0 Å². The van der Waals surface area contributed by atoms with Gasteiger partial charge in [0.1, 0.15) is 0 Å². The average Bonchev–Trinajstić information content (AvgIpc) is 2.48. The van der Waals surface area contributed by atoms with Gasteiger partial charge < -0.3 is 15.5 Å². The molecule has 1 rings (SSSR count). The Morgan fingerprint density at radius 2 is 1.88 bits per heavy atom. The Kier molecular flexibility index (Phi) is 4.95. The monoisotopic (exact) mass is 119 g/mol. The SMILES string of the molecule is C1CN1.CC(O)CO. The van der Waals surface area contributed by atoms with Gasteiger partial charge in [-0.2, -0.15) is 0 Å². The number of aliphatic hydroxyl groups excluding tert-OH is 2. The van der Waals surface area contributed by atoms with Crippen LogP contribution >= 0.6 is 0 Å². The van der Waals surface area contributed by atoms with E-state index >= 15 is 0 Å². The van der Waals surface area contributed by atoms with Crippen LogP contribution in [0.1, 0.15) is 6.92 Å². The maximum absolute atomic E-state index is 8.11. The van der Waals surface area contributed by atoms with Crippen LogP contribution in [0.3, 0.4) is 0 Å². The lowest BCUT2D eigenvalue weighted by atomic mass is 10.5. The summed E-state index contributed by atoms with van der Waals surface area (Å²) in [6.45, 7) is 3.89. The van der Waals surface area contributed by atoms with Gasteiger partial charge in [-0.25, -0.2) is 0 Å². The van der Waals surface area contributed by atoms with Crippen molar-refractivity contribution in [1.82, 2.24) is 5.32 Å². The zero-order valence-electron chi connectivity index (χ0n) is 5.09. The van der Waals surface area contributed by atoms with Gasteiger partial charge in [-0.3, -0.25) is 0 Å². The molecule has 0 radical (unpaired) electrons. The summed E-state index contributed by atoms with van der Waals surface area (Å²) in [4.78, 5) is 0. The highest BCUT2D eigenvalue weighted by atomic mass is 16.3. The van der Waals surface area contributed by atoms with Gasteiger partial charge in [-0.15, -0.1) is 0 Å². The zero-order chi connectivity index (χ0) is 6.41. The van der Waals surface area contributed by atoms with Crippen molar-refractivity contribution in [3.8, 4) is 0 Å². The summed E-state index contributed by atoms with van der Waals surface area (Å²) in [5.74, 6) is 0. The number of nitrogens with one attached hydrogen (secondary N) is 1. The molecule has 50 valence electrons. The fraction of sp³-hybridized carbons (Fsp3) is 1.00. The smallest absolute Gasteiger partial charge is 0.0742 e. The van der Waals surface area contributed by atoms with E-state index in [-0.39, 0.29) is 6.61 Å². The van der Waals surface area contributed by atoms with Crippen LogP contribution in [-0.2, 0) is 0 Å². The van der Waals surface area contributed by atoms with Crippen molar-refractivity contribution in [3.63, 3.8) is 0 Å². The highest BCUT2D eigenvalue weighted by Gasteiger charge is 1.91. The Morgan fingerprint density at radius 1 is 1.62 bits per heavy atom. The van der Waals surface area contributed by atoms with Crippen LogP contribution in [0.2, 0.25) is 0 Å². The number of hydrogen-bond donors (Lipinski definition) is 3. The van der Waals surface area contributed by atoms with Crippen molar-refractivity contribution >= 4 is 0 Å². The molecule has 1 fully saturated rings. The lowest BCUT2D eigenvalue weighted by Crippen LogP contribution is -2.03. The molecule has 3 heteroatoms. The third-order valence-electron chi connectivity index (χ3n) is 0.514. The van der Waals surface area contributed by atoms with Crippen LogP contribution in [-0.4, -0.2) is 36.0 Å². The Balaban J connectivity index is 0.000000135. The van der Waals surface area contributed by atoms with Gasteiger partial charge in [0.2, 0.25) is 0 Å². The van der Waals surface area contributed by atoms with Gasteiger partial charge in [-0.05, 0) is 6.92 Å². The largest absolute Gasteiger partial charge is 0.394 e. The number of rotatable bonds is 1. The van der Waals surface area contributed by atoms with Crippen molar-refractivity contribution < 1.29 is 10.2 Å². The average molecular weight is 119 g/mol. The summed E-state index contributed by atoms with van der Waals surface area (Å²) >= 11 is 0. The van der Waals surface area contributed by atoms with E-state index in [0.717, 1.165) is 0 Å². The molecular weight excluding hydrogens is 106 g/mol. The van der Waals surface area contributed by atoms with Crippen LogP contribution in [0, 0.1) is 0 Å². The summed E-state index contributed by atoms with van der Waals surface area (Å²) in [5.41, 5.74) is 0. The summed E-state index contributed by atoms with van der Waals surface area (Å²) in [6, 6.07) is 0. The lowest BCUT2D eigenvalue weighted by molar-refractivity contribution is 0.110. The second kappa shape index (κ2) is 5.03. The van der Waals surface area contributed by atoms with Crippen LogP contribution < -0.4 is 5.32 Å². The van der Waals surface area contributed by atoms with Gasteiger partial charge in [-0.1, -0.05) is 0 Å². The maximum Gasteiger partial charge on any atom is 0.0742 e. The topological polar surface area (TPSA) is 62.4 Å². The summed E-state index contributed by atoms with van der Waals surface area (Å²) in [7, 11) is 0. The fourth-order valence-electron chi connectivity index (χ4n) is 0. The molecule has 1 heterocycles. The molecule has 3 nitrogen and oxygen atoms in total. The Bertz CT molecular complexity index is 42.9. The van der Waals surface area contributed by atoms with E-state index in [1.165, 1.54) is 20.0 Å². The Morgan fingerprint density at radius 3 is 1.88 bits per heavy atom. The van der Waals surface area contributed by atoms with Gasteiger partial charge in [0.05, 0.1) is 12.7 Å². The quantitative estimate of drug-likeness (QED) is 0.386. The Labute approximate surface area is 49.3 Å². The van der Waals surface area contributed by atoms with Crippen molar-refractivity contribution in [2.45, 2.75) is 13.0 Å². The van der Waals surface area contributed by atoms with E-state index in [1.54, 1.807) is 0 Å². The summed E-state index contributed by atoms with van der Waals surface area (Å²) < 4.78 is 0. The molecule has 0 aliphatic carbocycles. The lowest BCUT2D eigenvalue weighted by Gasteiger charge is -1.90. The molecule has 0 saturated carbocycles. The first-order chi connectivity index (χ1) is 3.77. The number of hydrogen-bond acceptors (Lipinski definition) is 3. The molecule has 1 aliphatic heterocycles. The van der Waals surface area contributed by atoms with E-state index < -0.39 is 6.10 Å². The highest BCUT2D eigenvalue weighted by molar-refractivity contribution is 4.58. The third-order valence-corrected chi connectivity index (χ3v) is 0.514. The molecule has 0 spiro atoms. The molecule has 0 aromatic carbocycles. The molecule has 8 heavy (non-hydrogen) atoms. The fourth-order valence-corrected chi connectivity index (χ4v) is 0. The van der Waals surface area contributed by atoms with Gasteiger partial charge in [0.25, 0.3) is 0 Å². The molecule has 0 aromatic rings. The Hall–Kier alpha value is -0.120. The molecule has 1 saturated heterocycles. The van der Waals surface area contributed by atoms with Crippen molar-refractivity contribution in [2.24, 2.45) is 0 Å². The minimum Gasteiger partial charge on any atom is -0.394 e. The van der Waals surface area contributed by atoms with E-state index in [9.17, 15) is 0 Å². The first-order valence-electron chi connectivity index (χ1n) is 2.77. The first kappa shape index (κ1) is 7.88. The van der Waals surface area contributed by atoms with Gasteiger partial charge >= 0.3 is 0 Å². The van der Waals surface area contributed by atoms with Crippen LogP contribution in [0.25, 0.3) is 0 Å². The van der Waals surface area contributed by atoms with Crippen molar-refractivity contribution in [3.05, 3.63) is 0 Å². The molecule has 0 amide bonds. The molecular formula is C5H13NO2. The minimum atomic E-state index is -0.560. The minimum absolute atomic E-state index is 0.139. The van der Waals surface area contributed by atoms with Crippen molar-refractivity contribution in [1.29, 1.82) is 0 Å². The third kappa shape index (κ3) is 16.9. The van der Waals surface area contributed by atoms with Gasteiger partial charge in [0, 0.05) is 13.1 Å². The van der Waals surface area contributed by atoms with Crippen LogP contribution in [0.4, 0.5) is 0 Å². The second-order valence-corrected chi connectivity index (χ2v) is 1.78. The van der Waals surface area contributed by atoms with E-state index in [1.807, 2.05) is 0 Å². The zero-order valence-corrected chi connectivity index (χ0v) is 5.09. The normalized spacial score (nSPS) is 18.4.